The van der Waals surface area contributed by atoms with Crippen molar-refractivity contribution in [3.05, 3.63) is 59.9 Å². The number of hydrogen-bond donors (Lipinski definition) is 2. The maximum atomic E-state index is 13.0. The smallest absolute Gasteiger partial charge is 0.225 e. The fourth-order valence-corrected chi connectivity index (χ4v) is 3.95. The van der Waals surface area contributed by atoms with Gasteiger partial charge in [0.05, 0.1) is 5.52 Å². The highest BCUT2D eigenvalue weighted by Crippen LogP contribution is 2.26. The lowest BCUT2D eigenvalue weighted by Gasteiger charge is -2.30. The van der Waals surface area contributed by atoms with Crippen molar-refractivity contribution < 1.29 is 4.39 Å². The second-order valence-electron chi connectivity index (χ2n) is 7.98. The molecule has 4 rings (SSSR count). The van der Waals surface area contributed by atoms with Gasteiger partial charge in [-0.05, 0) is 55.5 Å². The summed E-state index contributed by atoms with van der Waals surface area (Å²) in [5.74, 6) is 1.46. The predicted octanol–water partition coefficient (Wildman–Crippen LogP) is 4.35. The van der Waals surface area contributed by atoms with E-state index in [2.05, 4.69) is 16.7 Å². The summed E-state index contributed by atoms with van der Waals surface area (Å²) in [6.07, 6.45) is 4.36. The van der Waals surface area contributed by atoms with Crippen molar-refractivity contribution >= 4 is 22.7 Å². The fourth-order valence-electron chi connectivity index (χ4n) is 3.95. The van der Waals surface area contributed by atoms with Crippen LogP contribution in [0.4, 0.5) is 16.2 Å². The van der Waals surface area contributed by atoms with E-state index >= 15 is 0 Å². The number of nitrogens with one attached hydrogen (secondary N) is 2. The number of aromatic nitrogens is 2. The molecule has 2 aromatic carbocycles. The summed E-state index contributed by atoms with van der Waals surface area (Å²) in [5.41, 5.74) is 2.08. The topological polar surface area (TPSA) is 53.1 Å². The second kappa shape index (κ2) is 8.74. The molecule has 0 spiro atoms. The summed E-state index contributed by atoms with van der Waals surface area (Å²) in [4.78, 5) is 11.5. The van der Waals surface area contributed by atoms with Crippen molar-refractivity contribution in [3.8, 4) is 0 Å². The summed E-state index contributed by atoms with van der Waals surface area (Å²) in [5, 5.41) is 8.22. The van der Waals surface area contributed by atoms with Gasteiger partial charge >= 0.3 is 0 Å². The Kier molecular flexibility index (Phi) is 5.90. The number of para-hydroxylation sites is 1. The van der Waals surface area contributed by atoms with Crippen LogP contribution in [0.15, 0.2) is 48.5 Å². The van der Waals surface area contributed by atoms with Crippen LogP contribution in [-0.2, 0) is 6.54 Å². The van der Waals surface area contributed by atoms with Crippen molar-refractivity contribution in [2.24, 2.45) is 0 Å². The first-order chi connectivity index (χ1) is 14.1. The quantitative estimate of drug-likeness (QED) is 0.652. The molecule has 0 aliphatic heterocycles. The van der Waals surface area contributed by atoms with E-state index in [0.717, 1.165) is 54.5 Å². The van der Waals surface area contributed by atoms with E-state index in [1.54, 1.807) is 0 Å². The van der Waals surface area contributed by atoms with Gasteiger partial charge in [0.15, 0.2) is 0 Å². The minimum Gasteiger partial charge on any atom is -0.362 e. The van der Waals surface area contributed by atoms with Gasteiger partial charge < -0.3 is 15.5 Å². The maximum Gasteiger partial charge on any atom is 0.225 e. The van der Waals surface area contributed by atoms with Crippen LogP contribution in [0.2, 0.25) is 0 Å². The molecule has 1 fully saturated rings. The minimum atomic E-state index is -0.186. The van der Waals surface area contributed by atoms with Crippen LogP contribution in [0.25, 0.3) is 10.9 Å². The number of hydrogen-bond acceptors (Lipinski definition) is 5. The van der Waals surface area contributed by atoms with Gasteiger partial charge in [0.2, 0.25) is 5.95 Å². The zero-order valence-electron chi connectivity index (χ0n) is 17.0. The molecule has 2 N–H and O–H groups in total. The molecule has 152 valence electrons. The molecule has 1 aliphatic rings. The van der Waals surface area contributed by atoms with Crippen molar-refractivity contribution in [2.45, 2.75) is 44.3 Å². The van der Waals surface area contributed by atoms with Crippen LogP contribution < -0.4 is 15.5 Å². The third-order valence-corrected chi connectivity index (χ3v) is 5.58. The Morgan fingerprint density at radius 3 is 2.34 bits per heavy atom. The average molecular weight is 394 g/mol. The number of nitrogens with zero attached hydrogens (tertiary/aromatic N) is 3. The summed E-state index contributed by atoms with van der Waals surface area (Å²) < 4.78 is 13.0. The Labute approximate surface area is 171 Å². The molecule has 6 heteroatoms. The Morgan fingerprint density at radius 2 is 1.62 bits per heavy atom. The van der Waals surface area contributed by atoms with Gasteiger partial charge in [-0.15, -0.1) is 0 Å². The van der Waals surface area contributed by atoms with E-state index in [4.69, 9.17) is 9.97 Å². The molecule has 0 saturated heterocycles. The first-order valence-corrected chi connectivity index (χ1v) is 10.3. The third-order valence-electron chi connectivity index (χ3n) is 5.58. The average Bonchev–Trinajstić information content (AvgIpc) is 2.74. The Bertz CT molecular complexity index is 949. The molecule has 0 bridgehead atoms. The highest BCUT2D eigenvalue weighted by atomic mass is 19.1. The first-order valence-electron chi connectivity index (χ1n) is 10.3. The van der Waals surface area contributed by atoms with Gasteiger partial charge in [-0.3, -0.25) is 0 Å². The fraction of sp³-hybridized carbons (Fsp3) is 0.391. The van der Waals surface area contributed by atoms with Crippen LogP contribution in [-0.4, -0.2) is 36.1 Å². The van der Waals surface area contributed by atoms with E-state index < -0.39 is 0 Å². The predicted molar refractivity (Wildman–Crippen MR) is 117 cm³/mol. The minimum absolute atomic E-state index is 0.186. The molecule has 0 amide bonds. The Balaban J connectivity index is 1.34. The van der Waals surface area contributed by atoms with E-state index in [0.29, 0.717) is 18.0 Å². The SMILES string of the molecule is CN(C)c1nc(N[C@H]2CC[C@@H](NCc3ccc(F)cc3)CC2)nc2ccccc12. The molecule has 1 heterocycles. The molecule has 0 radical (unpaired) electrons. The van der Waals surface area contributed by atoms with Gasteiger partial charge in [0.1, 0.15) is 11.6 Å². The lowest BCUT2D eigenvalue weighted by Crippen LogP contribution is -2.37. The second-order valence-corrected chi connectivity index (χ2v) is 7.98. The molecule has 1 aromatic heterocycles. The highest BCUT2D eigenvalue weighted by molar-refractivity contribution is 5.90. The molecule has 3 aromatic rings. The third kappa shape index (κ3) is 4.82. The maximum absolute atomic E-state index is 13.0. The summed E-state index contributed by atoms with van der Waals surface area (Å²) in [6, 6.07) is 15.7. The Hall–Kier alpha value is -2.73. The molecule has 0 atom stereocenters. The van der Waals surface area contributed by atoms with Gasteiger partial charge in [-0.2, -0.15) is 4.98 Å². The van der Waals surface area contributed by atoms with Crippen LogP contribution in [0.5, 0.6) is 0 Å². The zero-order valence-corrected chi connectivity index (χ0v) is 17.0. The van der Waals surface area contributed by atoms with Crippen LogP contribution in [0, 0.1) is 5.82 Å². The van der Waals surface area contributed by atoms with E-state index in [1.807, 2.05) is 49.3 Å². The van der Waals surface area contributed by atoms with Crippen LogP contribution in [0.3, 0.4) is 0 Å². The molecule has 1 saturated carbocycles. The Morgan fingerprint density at radius 1 is 0.931 bits per heavy atom. The van der Waals surface area contributed by atoms with Crippen molar-refractivity contribution in [2.75, 3.05) is 24.3 Å². The van der Waals surface area contributed by atoms with E-state index in [1.165, 1.54) is 12.1 Å². The number of fused-ring (bicyclic) bond motifs is 1. The van der Waals surface area contributed by atoms with Gasteiger partial charge in [0.25, 0.3) is 0 Å². The number of anilines is 2. The monoisotopic (exact) mass is 393 g/mol. The van der Waals surface area contributed by atoms with Gasteiger partial charge in [-0.25, -0.2) is 9.37 Å². The summed E-state index contributed by atoms with van der Waals surface area (Å²) in [6.45, 7) is 0.781. The largest absolute Gasteiger partial charge is 0.362 e. The summed E-state index contributed by atoms with van der Waals surface area (Å²) >= 11 is 0. The highest BCUT2D eigenvalue weighted by Gasteiger charge is 2.22. The molecule has 0 unspecified atom stereocenters. The normalized spacial score (nSPS) is 19.3. The number of halogens is 1. The van der Waals surface area contributed by atoms with Crippen LogP contribution in [0.1, 0.15) is 31.2 Å². The van der Waals surface area contributed by atoms with Crippen molar-refractivity contribution in [1.82, 2.24) is 15.3 Å². The molecule has 29 heavy (non-hydrogen) atoms. The zero-order chi connectivity index (χ0) is 20.2. The van der Waals surface area contributed by atoms with Gasteiger partial charge in [-0.1, -0.05) is 24.3 Å². The van der Waals surface area contributed by atoms with Gasteiger partial charge in [0, 0.05) is 38.1 Å². The van der Waals surface area contributed by atoms with Crippen molar-refractivity contribution in [3.63, 3.8) is 0 Å². The molecular formula is C23H28FN5. The number of rotatable bonds is 6. The molecular weight excluding hydrogens is 365 g/mol. The van der Waals surface area contributed by atoms with E-state index in [9.17, 15) is 4.39 Å². The summed E-state index contributed by atoms with van der Waals surface area (Å²) in [7, 11) is 4.02. The van der Waals surface area contributed by atoms with E-state index in [-0.39, 0.29) is 5.82 Å². The molecule has 1 aliphatic carbocycles. The lowest BCUT2D eigenvalue weighted by atomic mass is 9.91. The first kappa shape index (κ1) is 19.6. The van der Waals surface area contributed by atoms with Crippen molar-refractivity contribution in [1.29, 1.82) is 0 Å². The molecule has 5 nitrogen and oxygen atoms in total. The standard InChI is InChI=1S/C23H28FN5/c1-29(2)22-20-5-3-4-6-21(20)27-23(28-22)26-19-13-11-18(12-14-19)25-15-16-7-9-17(24)10-8-16/h3-10,18-19,25H,11-15H2,1-2H3,(H,26,27,28)/t18-,19+. The van der Waals surface area contributed by atoms with Crippen LogP contribution >= 0.6 is 0 Å². The lowest BCUT2D eigenvalue weighted by molar-refractivity contribution is 0.352. The number of benzene rings is 2.